The summed E-state index contributed by atoms with van der Waals surface area (Å²) < 4.78 is 37.5. The van der Waals surface area contributed by atoms with Gasteiger partial charge in [0.05, 0.1) is 5.56 Å². The Bertz CT molecular complexity index is 561. The highest BCUT2D eigenvalue weighted by atomic mass is 19.4. The molecule has 0 unspecified atom stereocenters. The molecule has 0 aliphatic rings. The largest absolute Gasteiger partial charge is 0.417 e. The Balaban J connectivity index is 2.41. The number of benzene rings is 1. The van der Waals surface area contributed by atoms with Gasteiger partial charge in [-0.1, -0.05) is 24.3 Å². The second-order valence-electron chi connectivity index (χ2n) is 3.64. The molecule has 91 valence electrons. The van der Waals surface area contributed by atoms with Crippen LogP contribution in [0, 0.1) is 0 Å². The van der Waals surface area contributed by atoms with Crippen molar-refractivity contribution in [3.8, 4) is 11.1 Å². The zero-order chi connectivity index (χ0) is 13.2. The minimum atomic E-state index is -4.42. The lowest BCUT2D eigenvalue weighted by Gasteiger charge is -2.08. The molecule has 2 nitrogen and oxygen atoms in total. The second-order valence-corrected chi connectivity index (χ2v) is 3.64. The number of aromatic nitrogens is 1. The Morgan fingerprint density at radius 1 is 1.00 bits per heavy atom. The Hall–Kier alpha value is -2.17. The Labute approximate surface area is 101 Å². The van der Waals surface area contributed by atoms with E-state index in [2.05, 4.69) is 4.98 Å². The van der Waals surface area contributed by atoms with Crippen molar-refractivity contribution in [1.82, 2.24) is 4.98 Å². The number of halogens is 3. The van der Waals surface area contributed by atoms with E-state index in [9.17, 15) is 18.0 Å². The van der Waals surface area contributed by atoms with Gasteiger partial charge in [-0.2, -0.15) is 13.2 Å². The normalized spacial score (nSPS) is 11.3. The lowest BCUT2D eigenvalue weighted by atomic mass is 10.0. The van der Waals surface area contributed by atoms with Crippen LogP contribution < -0.4 is 0 Å². The average molecular weight is 250 g/mol. The summed E-state index contributed by atoms with van der Waals surface area (Å²) in [5.41, 5.74) is 0.458. The van der Waals surface area contributed by atoms with Crippen molar-refractivity contribution < 1.29 is 18.0 Å². The Morgan fingerprint density at radius 3 is 2.22 bits per heavy atom. The van der Waals surface area contributed by atoms with E-state index in [1.54, 1.807) is 18.4 Å². The first-order valence-corrected chi connectivity index (χ1v) is 5.01. The Morgan fingerprint density at radius 2 is 1.67 bits per heavy atom. The van der Waals surface area contributed by atoms with Gasteiger partial charge in [0, 0.05) is 23.5 Å². The fourth-order valence-corrected chi connectivity index (χ4v) is 1.48. The van der Waals surface area contributed by atoms with Crippen molar-refractivity contribution in [2.75, 3.05) is 0 Å². The molecular formula is C13H7F3NO. The molecule has 0 aliphatic carbocycles. The van der Waals surface area contributed by atoms with E-state index in [0.717, 1.165) is 12.3 Å². The predicted molar refractivity (Wildman–Crippen MR) is 59.5 cm³/mol. The molecule has 0 saturated carbocycles. The number of carbonyl (C=O) groups excluding carboxylic acids is 1. The monoisotopic (exact) mass is 250 g/mol. The maximum absolute atomic E-state index is 12.5. The van der Waals surface area contributed by atoms with Crippen LogP contribution in [0.2, 0.25) is 0 Å². The predicted octanol–water partition coefficient (Wildman–Crippen LogP) is 3.23. The van der Waals surface area contributed by atoms with Gasteiger partial charge in [-0.3, -0.25) is 9.78 Å². The minimum absolute atomic E-state index is 0.346. The summed E-state index contributed by atoms with van der Waals surface area (Å²) in [4.78, 5) is 13.9. The fraction of sp³-hybridized carbons (Fsp3) is 0.0769. The van der Waals surface area contributed by atoms with Gasteiger partial charge in [0.1, 0.15) is 0 Å². The molecule has 0 atom stereocenters. The third kappa shape index (κ3) is 2.56. The van der Waals surface area contributed by atoms with Gasteiger partial charge in [0.2, 0.25) is 6.29 Å². The lowest BCUT2D eigenvalue weighted by Crippen LogP contribution is -2.05. The highest BCUT2D eigenvalue weighted by Crippen LogP contribution is 2.31. The first-order chi connectivity index (χ1) is 8.50. The van der Waals surface area contributed by atoms with E-state index >= 15 is 0 Å². The standard InChI is InChI=1S/C13H7F3NO/c14-13(15,16)12-5-11(6-17-7-12)10-3-1-9(8-18)2-4-10/h1-7H. The number of hydrogen-bond donors (Lipinski definition) is 0. The summed E-state index contributed by atoms with van der Waals surface area (Å²) in [6.07, 6.45) is -0.604. The molecule has 0 bridgehead atoms. The third-order valence-corrected chi connectivity index (χ3v) is 2.40. The lowest BCUT2D eigenvalue weighted by molar-refractivity contribution is -0.137. The molecule has 1 aromatic heterocycles. The molecule has 0 saturated heterocycles. The quantitative estimate of drug-likeness (QED) is 0.819. The topological polar surface area (TPSA) is 30.0 Å². The molecule has 0 fully saturated rings. The smallest absolute Gasteiger partial charge is 0.285 e. The highest BCUT2D eigenvalue weighted by molar-refractivity contribution is 5.77. The SMILES string of the molecule is O=[C]c1ccc(-c2cncc(C(F)(F)F)c2)cc1. The molecule has 18 heavy (non-hydrogen) atoms. The molecule has 1 heterocycles. The van der Waals surface area contributed by atoms with Gasteiger partial charge in [0.25, 0.3) is 0 Å². The van der Waals surface area contributed by atoms with Gasteiger partial charge < -0.3 is 0 Å². The van der Waals surface area contributed by atoms with Gasteiger partial charge in [-0.15, -0.1) is 0 Å². The fourth-order valence-electron chi connectivity index (χ4n) is 1.48. The summed E-state index contributed by atoms with van der Waals surface area (Å²) >= 11 is 0. The van der Waals surface area contributed by atoms with Crippen molar-refractivity contribution in [1.29, 1.82) is 0 Å². The van der Waals surface area contributed by atoms with E-state index in [4.69, 9.17) is 0 Å². The van der Waals surface area contributed by atoms with E-state index in [0.29, 0.717) is 16.7 Å². The molecular weight excluding hydrogens is 243 g/mol. The zero-order valence-corrected chi connectivity index (χ0v) is 9.03. The van der Waals surface area contributed by atoms with Crippen molar-refractivity contribution in [2.45, 2.75) is 6.18 Å². The molecule has 0 spiro atoms. The zero-order valence-electron chi connectivity index (χ0n) is 9.03. The minimum Gasteiger partial charge on any atom is -0.285 e. The van der Waals surface area contributed by atoms with Crippen LogP contribution in [-0.2, 0) is 11.0 Å². The van der Waals surface area contributed by atoms with Gasteiger partial charge in [-0.05, 0) is 11.6 Å². The highest BCUT2D eigenvalue weighted by Gasteiger charge is 2.31. The van der Waals surface area contributed by atoms with E-state index in [-0.39, 0.29) is 0 Å². The Kier molecular flexibility index (Phi) is 3.14. The summed E-state index contributed by atoms with van der Waals surface area (Å²) in [6, 6.07) is 7.10. The van der Waals surface area contributed by atoms with Crippen molar-refractivity contribution in [3.05, 3.63) is 53.9 Å². The van der Waals surface area contributed by atoms with Gasteiger partial charge in [-0.25, -0.2) is 0 Å². The summed E-state index contributed by atoms with van der Waals surface area (Å²) in [7, 11) is 0. The van der Waals surface area contributed by atoms with Crippen LogP contribution in [0.15, 0.2) is 42.7 Å². The number of nitrogens with zero attached hydrogens (tertiary/aromatic N) is 1. The number of rotatable bonds is 2. The second kappa shape index (κ2) is 4.60. The average Bonchev–Trinajstić information content (AvgIpc) is 2.38. The van der Waals surface area contributed by atoms with Crippen LogP contribution in [-0.4, -0.2) is 11.3 Å². The first-order valence-electron chi connectivity index (χ1n) is 5.01. The van der Waals surface area contributed by atoms with Gasteiger partial charge in [0.15, 0.2) is 0 Å². The molecule has 2 aromatic rings. The van der Waals surface area contributed by atoms with Crippen LogP contribution >= 0.6 is 0 Å². The number of pyridine rings is 1. The van der Waals surface area contributed by atoms with Crippen LogP contribution in [0.4, 0.5) is 13.2 Å². The molecule has 0 amide bonds. The van der Waals surface area contributed by atoms with Crippen LogP contribution in [0.5, 0.6) is 0 Å². The number of alkyl halides is 3. The maximum atomic E-state index is 12.5. The molecule has 1 radical (unpaired) electrons. The van der Waals surface area contributed by atoms with E-state index in [1.165, 1.54) is 18.3 Å². The molecule has 0 aliphatic heterocycles. The summed E-state index contributed by atoms with van der Waals surface area (Å²) in [5, 5.41) is 0. The third-order valence-electron chi connectivity index (χ3n) is 2.40. The maximum Gasteiger partial charge on any atom is 0.417 e. The molecule has 2 rings (SSSR count). The number of hydrogen-bond acceptors (Lipinski definition) is 2. The molecule has 0 N–H and O–H groups in total. The summed E-state index contributed by atoms with van der Waals surface area (Å²) in [6.45, 7) is 0. The first kappa shape index (κ1) is 12.3. The van der Waals surface area contributed by atoms with E-state index < -0.39 is 11.7 Å². The van der Waals surface area contributed by atoms with Crippen molar-refractivity contribution >= 4 is 6.29 Å². The van der Waals surface area contributed by atoms with Crippen molar-refractivity contribution in [3.63, 3.8) is 0 Å². The van der Waals surface area contributed by atoms with Crippen LogP contribution in [0.25, 0.3) is 11.1 Å². The van der Waals surface area contributed by atoms with E-state index in [1.807, 2.05) is 0 Å². The van der Waals surface area contributed by atoms with Crippen LogP contribution in [0.3, 0.4) is 0 Å². The van der Waals surface area contributed by atoms with Crippen LogP contribution in [0.1, 0.15) is 11.1 Å². The van der Waals surface area contributed by atoms with Crippen molar-refractivity contribution in [2.24, 2.45) is 0 Å². The summed E-state index contributed by atoms with van der Waals surface area (Å²) in [5.74, 6) is 0. The molecule has 5 heteroatoms. The van der Waals surface area contributed by atoms with Gasteiger partial charge >= 0.3 is 6.18 Å². The molecule has 1 aromatic carbocycles.